The summed E-state index contributed by atoms with van der Waals surface area (Å²) in [7, 11) is 0. The van der Waals surface area contributed by atoms with Gasteiger partial charge in [0, 0.05) is 6.42 Å². The van der Waals surface area contributed by atoms with Crippen molar-refractivity contribution in [1.82, 2.24) is 5.32 Å². The van der Waals surface area contributed by atoms with Crippen molar-refractivity contribution >= 4 is 5.91 Å². The van der Waals surface area contributed by atoms with Gasteiger partial charge in [0.15, 0.2) is 6.29 Å². The van der Waals surface area contributed by atoms with Crippen LogP contribution in [0.1, 0.15) is 155 Å². The van der Waals surface area contributed by atoms with Crippen molar-refractivity contribution in [2.45, 2.75) is 198 Å². The van der Waals surface area contributed by atoms with Crippen LogP contribution in [0.15, 0.2) is 72.9 Å². The highest BCUT2D eigenvalue weighted by atomic mass is 16.7. The molecule has 55 heavy (non-hydrogen) atoms. The van der Waals surface area contributed by atoms with Crippen molar-refractivity contribution < 1.29 is 39.8 Å². The highest BCUT2D eigenvalue weighted by Gasteiger charge is 2.44. The monoisotopic (exact) mass is 774 g/mol. The van der Waals surface area contributed by atoms with E-state index in [1.807, 2.05) is 6.08 Å². The molecule has 7 unspecified atom stereocenters. The number of hydrogen-bond acceptors (Lipinski definition) is 8. The molecular weight excluding hydrogens is 695 g/mol. The summed E-state index contributed by atoms with van der Waals surface area (Å²) in [4.78, 5) is 12.9. The van der Waals surface area contributed by atoms with Gasteiger partial charge in [0.1, 0.15) is 24.4 Å². The summed E-state index contributed by atoms with van der Waals surface area (Å²) in [5.41, 5.74) is 0. The number of amides is 1. The van der Waals surface area contributed by atoms with E-state index in [2.05, 4.69) is 79.9 Å². The van der Waals surface area contributed by atoms with Gasteiger partial charge in [0.2, 0.25) is 5.91 Å². The molecule has 6 N–H and O–H groups in total. The van der Waals surface area contributed by atoms with Crippen LogP contribution in [-0.4, -0.2) is 87.5 Å². The van der Waals surface area contributed by atoms with Crippen LogP contribution in [0.4, 0.5) is 0 Å². The average Bonchev–Trinajstić information content (AvgIpc) is 3.18. The predicted octanol–water partition coefficient (Wildman–Crippen LogP) is 8.61. The Morgan fingerprint density at radius 1 is 0.636 bits per heavy atom. The third-order valence-electron chi connectivity index (χ3n) is 9.79. The lowest BCUT2D eigenvalue weighted by atomic mass is 9.99. The second kappa shape index (κ2) is 36.0. The first-order valence-corrected chi connectivity index (χ1v) is 21.7. The van der Waals surface area contributed by atoms with E-state index in [1.54, 1.807) is 6.08 Å². The minimum Gasteiger partial charge on any atom is -0.394 e. The smallest absolute Gasteiger partial charge is 0.220 e. The number of aliphatic hydroxyl groups excluding tert-OH is 5. The van der Waals surface area contributed by atoms with E-state index in [1.165, 1.54) is 70.6 Å². The number of carbonyl (C=O) groups excluding carboxylic acids is 1. The Morgan fingerprint density at radius 2 is 1.13 bits per heavy atom. The van der Waals surface area contributed by atoms with E-state index in [-0.39, 0.29) is 18.9 Å². The lowest BCUT2D eigenvalue weighted by Crippen LogP contribution is -2.60. The van der Waals surface area contributed by atoms with E-state index in [9.17, 15) is 30.3 Å². The molecule has 1 amide bonds. The van der Waals surface area contributed by atoms with Gasteiger partial charge in [0.25, 0.3) is 0 Å². The van der Waals surface area contributed by atoms with Gasteiger partial charge in [-0.2, -0.15) is 0 Å². The number of aliphatic hydroxyl groups is 5. The van der Waals surface area contributed by atoms with Gasteiger partial charge < -0.3 is 40.3 Å². The molecule has 1 fully saturated rings. The van der Waals surface area contributed by atoms with Gasteiger partial charge in [-0.15, -0.1) is 0 Å². The lowest BCUT2D eigenvalue weighted by Gasteiger charge is -2.40. The average molecular weight is 774 g/mol. The zero-order chi connectivity index (χ0) is 40.2. The van der Waals surface area contributed by atoms with E-state index in [0.29, 0.717) is 6.42 Å². The van der Waals surface area contributed by atoms with Crippen LogP contribution in [0.2, 0.25) is 0 Å². The first-order valence-electron chi connectivity index (χ1n) is 21.7. The van der Waals surface area contributed by atoms with Crippen LogP contribution in [0.25, 0.3) is 0 Å². The highest BCUT2D eigenvalue weighted by molar-refractivity contribution is 5.76. The van der Waals surface area contributed by atoms with Crippen LogP contribution >= 0.6 is 0 Å². The number of hydrogen-bond donors (Lipinski definition) is 6. The van der Waals surface area contributed by atoms with E-state index >= 15 is 0 Å². The Labute approximate surface area is 334 Å². The third-order valence-corrected chi connectivity index (χ3v) is 9.79. The van der Waals surface area contributed by atoms with Crippen molar-refractivity contribution in [3.63, 3.8) is 0 Å². The van der Waals surface area contributed by atoms with Gasteiger partial charge >= 0.3 is 0 Å². The van der Waals surface area contributed by atoms with E-state index in [0.717, 1.165) is 57.8 Å². The molecule has 0 saturated carbocycles. The standard InChI is InChI=1S/C46H79NO8/c1-3-5-7-9-11-13-15-17-19-20-22-24-26-28-30-32-34-36-42(50)47-39(38-54-46-45(53)44(52)43(51)41(37-48)55-46)40(49)35-33-31-29-27-25-23-21-18-16-14-12-10-8-6-4-2/h5,7,11,13,17,19,22,24,28,30,33,35,39-41,43-46,48-49,51-53H,3-4,6,8-10,12,14-16,18,20-21,23,25-27,29,31-32,34,36-38H2,1-2H3,(H,47,50)/b7-5-,13-11-,19-17-,24-22-,30-28-,35-33+. The number of allylic oxidation sites excluding steroid dienone is 11. The molecule has 316 valence electrons. The molecule has 0 aromatic rings. The molecule has 9 nitrogen and oxygen atoms in total. The Balaban J connectivity index is 2.46. The molecule has 0 aliphatic carbocycles. The summed E-state index contributed by atoms with van der Waals surface area (Å²) in [6.45, 7) is 3.60. The van der Waals surface area contributed by atoms with Crippen molar-refractivity contribution in [2.75, 3.05) is 13.2 Å². The fourth-order valence-electron chi connectivity index (χ4n) is 6.31. The molecule has 1 saturated heterocycles. The molecule has 1 rings (SSSR count). The number of carbonyl (C=O) groups is 1. The summed E-state index contributed by atoms with van der Waals surface area (Å²) in [6.07, 6.45) is 40.9. The minimum absolute atomic E-state index is 0.215. The van der Waals surface area contributed by atoms with Crippen molar-refractivity contribution in [2.24, 2.45) is 0 Å². The second-order valence-corrected chi connectivity index (χ2v) is 14.8. The summed E-state index contributed by atoms with van der Waals surface area (Å²) < 4.78 is 11.2. The van der Waals surface area contributed by atoms with Crippen LogP contribution in [0.3, 0.4) is 0 Å². The molecule has 7 atom stereocenters. The van der Waals surface area contributed by atoms with E-state index < -0.39 is 49.5 Å². The largest absolute Gasteiger partial charge is 0.394 e. The molecule has 0 spiro atoms. The molecule has 9 heteroatoms. The first kappa shape index (κ1) is 50.6. The molecule has 1 aliphatic heterocycles. The molecule has 0 bridgehead atoms. The fourth-order valence-corrected chi connectivity index (χ4v) is 6.31. The first-order chi connectivity index (χ1) is 26.8. The normalized spacial score (nSPS) is 22.1. The number of rotatable bonds is 34. The van der Waals surface area contributed by atoms with Gasteiger partial charge in [0.05, 0.1) is 25.4 Å². The van der Waals surface area contributed by atoms with Crippen LogP contribution < -0.4 is 5.32 Å². The van der Waals surface area contributed by atoms with Crippen molar-refractivity contribution in [3.05, 3.63) is 72.9 Å². The summed E-state index contributed by atoms with van der Waals surface area (Å²) >= 11 is 0. The molecule has 1 aliphatic rings. The molecule has 0 aromatic carbocycles. The van der Waals surface area contributed by atoms with Gasteiger partial charge in [-0.3, -0.25) is 4.79 Å². The maximum Gasteiger partial charge on any atom is 0.220 e. The fraction of sp³-hybridized carbons (Fsp3) is 0.717. The predicted molar refractivity (Wildman–Crippen MR) is 225 cm³/mol. The zero-order valence-corrected chi connectivity index (χ0v) is 34.4. The lowest BCUT2D eigenvalue weighted by molar-refractivity contribution is -0.302. The molecule has 0 aromatic heterocycles. The maximum atomic E-state index is 12.9. The third kappa shape index (κ3) is 27.0. The molecule has 1 heterocycles. The Bertz CT molecular complexity index is 1080. The van der Waals surface area contributed by atoms with Crippen LogP contribution in [0.5, 0.6) is 0 Å². The van der Waals surface area contributed by atoms with Gasteiger partial charge in [-0.25, -0.2) is 0 Å². The summed E-state index contributed by atoms with van der Waals surface area (Å²) in [6, 6.07) is -0.837. The Hall–Kier alpha value is -2.37. The topological polar surface area (TPSA) is 149 Å². The highest BCUT2D eigenvalue weighted by Crippen LogP contribution is 2.22. The van der Waals surface area contributed by atoms with Crippen LogP contribution in [0, 0.1) is 0 Å². The van der Waals surface area contributed by atoms with Gasteiger partial charge in [-0.1, -0.05) is 164 Å². The maximum absolute atomic E-state index is 12.9. The number of nitrogens with one attached hydrogen (secondary N) is 1. The SMILES string of the molecule is CC/C=C\C/C=C\C/C=C\C/C=C\C/C=C\CCCC(=O)NC(COC1OC(CO)C(O)C(O)C1O)C(O)/C=C/CCCCCCCCCCCCCCC. The van der Waals surface area contributed by atoms with E-state index in [4.69, 9.17) is 9.47 Å². The molecule has 0 radical (unpaired) electrons. The number of unbranched alkanes of at least 4 members (excludes halogenated alkanes) is 14. The zero-order valence-electron chi connectivity index (χ0n) is 34.4. The molecular formula is C46H79NO8. The second-order valence-electron chi connectivity index (χ2n) is 14.8. The summed E-state index contributed by atoms with van der Waals surface area (Å²) in [5.74, 6) is -0.237. The quantitative estimate of drug-likeness (QED) is 0.0281. The Kier molecular flexibility index (Phi) is 33.2. The van der Waals surface area contributed by atoms with Gasteiger partial charge in [-0.05, 0) is 57.8 Å². The van der Waals surface area contributed by atoms with Crippen LogP contribution in [-0.2, 0) is 14.3 Å². The minimum atomic E-state index is -1.58. The number of ether oxygens (including phenoxy) is 2. The van der Waals surface area contributed by atoms with Crippen molar-refractivity contribution in [1.29, 1.82) is 0 Å². The summed E-state index contributed by atoms with van der Waals surface area (Å²) in [5, 5.41) is 54.1. The Morgan fingerprint density at radius 3 is 1.65 bits per heavy atom. The van der Waals surface area contributed by atoms with Crippen molar-refractivity contribution in [3.8, 4) is 0 Å².